The molecule has 0 spiro atoms. The third-order valence-corrected chi connectivity index (χ3v) is 4.20. The van der Waals surface area contributed by atoms with Crippen LogP contribution < -0.4 is 14.8 Å². The van der Waals surface area contributed by atoms with Crippen LogP contribution in [0.1, 0.15) is 21.6 Å². The van der Waals surface area contributed by atoms with E-state index >= 15 is 0 Å². The molecular weight excluding hydrogens is 358 g/mol. The van der Waals surface area contributed by atoms with E-state index < -0.39 is 6.29 Å². The van der Waals surface area contributed by atoms with Crippen molar-refractivity contribution in [3.05, 3.63) is 59.5 Å². The Bertz CT molecular complexity index is 1030. The van der Waals surface area contributed by atoms with Gasteiger partial charge in [0.2, 0.25) is 0 Å². The number of carbonyl (C=O) groups is 1. The SMILES string of the molecule is Cc1cc2c(cc1-c1ccc(NC(=O)c3conc3C)cc1)OC(F)(F)O2. The Morgan fingerprint density at radius 1 is 1.07 bits per heavy atom. The number of halogens is 2. The van der Waals surface area contributed by atoms with Gasteiger partial charge in [-0.1, -0.05) is 17.3 Å². The highest BCUT2D eigenvalue weighted by molar-refractivity contribution is 6.04. The van der Waals surface area contributed by atoms with Crippen LogP contribution in [0, 0.1) is 13.8 Å². The third-order valence-electron chi connectivity index (χ3n) is 4.20. The Morgan fingerprint density at radius 2 is 1.74 bits per heavy atom. The van der Waals surface area contributed by atoms with Gasteiger partial charge in [-0.2, -0.15) is 0 Å². The molecule has 1 aliphatic heterocycles. The lowest BCUT2D eigenvalue weighted by atomic mass is 9.99. The maximum Gasteiger partial charge on any atom is 0.586 e. The molecule has 6 nitrogen and oxygen atoms in total. The molecule has 0 fully saturated rings. The first kappa shape index (κ1) is 17.0. The van der Waals surface area contributed by atoms with Crippen molar-refractivity contribution in [2.24, 2.45) is 0 Å². The van der Waals surface area contributed by atoms with Crippen LogP contribution in [0.2, 0.25) is 0 Å². The van der Waals surface area contributed by atoms with Crippen molar-refractivity contribution in [1.82, 2.24) is 5.16 Å². The quantitative estimate of drug-likeness (QED) is 0.731. The molecule has 2 heterocycles. The second-order valence-corrected chi connectivity index (χ2v) is 6.13. The van der Waals surface area contributed by atoms with Crippen molar-refractivity contribution >= 4 is 11.6 Å². The van der Waals surface area contributed by atoms with Gasteiger partial charge in [-0.15, -0.1) is 8.78 Å². The molecule has 8 heteroatoms. The average molecular weight is 372 g/mol. The fourth-order valence-electron chi connectivity index (χ4n) is 2.85. The van der Waals surface area contributed by atoms with Crippen LogP contribution in [-0.2, 0) is 0 Å². The first-order chi connectivity index (χ1) is 12.8. The molecule has 0 bridgehead atoms. The molecule has 1 amide bonds. The topological polar surface area (TPSA) is 73.6 Å². The standard InChI is InChI=1S/C19H14F2N2O4/c1-10-7-16-17(27-19(20,21)26-16)8-14(10)12-3-5-13(6-4-12)22-18(24)15-9-25-23-11(15)2/h3-9H,1-2H3,(H,22,24). The number of ether oxygens (including phenoxy) is 2. The molecule has 4 rings (SSSR count). The molecule has 1 aromatic heterocycles. The van der Waals surface area contributed by atoms with E-state index in [2.05, 4.69) is 19.9 Å². The number of nitrogens with one attached hydrogen (secondary N) is 1. The third kappa shape index (κ3) is 3.21. The van der Waals surface area contributed by atoms with Gasteiger partial charge in [0.05, 0.1) is 5.69 Å². The van der Waals surface area contributed by atoms with Gasteiger partial charge in [0, 0.05) is 5.69 Å². The predicted molar refractivity (Wildman–Crippen MR) is 92.0 cm³/mol. The molecule has 27 heavy (non-hydrogen) atoms. The second kappa shape index (κ2) is 6.08. The molecule has 138 valence electrons. The first-order valence-corrected chi connectivity index (χ1v) is 8.06. The Kier molecular flexibility index (Phi) is 3.83. The maximum atomic E-state index is 13.2. The molecule has 1 N–H and O–H groups in total. The van der Waals surface area contributed by atoms with E-state index in [0.29, 0.717) is 16.9 Å². The van der Waals surface area contributed by atoms with Gasteiger partial charge in [-0.05, 0) is 54.8 Å². The molecule has 0 radical (unpaired) electrons. The Balaban J connectivity index is 1.57. The number of carbonyl (C=O) groups excluding carboxylic acids is 1. The summed E-state index contributed by atoms with van der Waals surface area (Å²) < 4.78 is 40.2. The van der Waals surface area contributed by atoms with Gasteiger partial charge in [-0.3, -0.25) is 4.79 Å². The summed E-state index contributed by atoms with van der Waals surface area (Å²) in [7, 11) is 0. The summed E-state index contributed by atoms with van der Waals surface area (Å²) >= 11 is 0. The van der Waals surface area contributed by atoms with Crippen molar-refractivity contribution < 1.29 is 27.6 Å². The second-order valence-electron chi connectivity index (χ2n) is 6.13. The zero-order valence-electron chi connectivity index (χ0n) is 14.4. The van der Waals surface area contributed by atoms with Crippen molar-refractivity contribution in [2.75, 3.05) is 5.32 Å². The predicted octanol–water partition coefficient (Wildman–Crippen LogP) is 4.53. The van der Waals surface area contributed by atoms with E-state index in [1.165, 1.54) is 18.4 Å². The van der Waals surface area contributed by atoms with Gasteiger partial charge >= 0.3 is 6.29 Å². The minimum absolute atomic E-state index is 0.00854. The van der Waals surface area contributed by atoms with Crippen LogP contribution in [0.25, 0.3) is 11.1 Å². The molecule has 2 aromatic carbocycles. The number of alkyl halides is 2. The largest absolute Gasteiger partial charge is 0.586 e. The molecule has 1 aliphatic rings. The van der Waals surface area contributed by atoms with Crippen molar-refractivity contribution in [3.63, 3.8) is 0 Å². The van der Waals surface area contributed by atoms with Gasteiger partial charge in [0.25, 0.3) is 5.91 Å². The van der Waals surface area contributed by atoms with E-state index in [9.17, 15) is 13.6 Å². The monoisotopic (exact) mass is 372 g/mol. The van der Waals surface area contributed by atoms with Crippen LogP contribution in [0.15, 0.2) is 47.2 Å². The molecule has 0 aliphatic carbocycles. The van der Waals surface area contributed by atoms with Gasteiger partial charge in [0.1, 0.15) is 11.8 Å². The highest BCUT2D eigenvalue weighted by Crippen LogP contribution is 2.44. The molecule has 3 aromatic rings. The van der Waals surface area contributed by atoms with E-state index in [-0.39, 0.29) is 17.4 Å². The first-order valence-electron chi connectivity index (χ1n) is 8.06. The lowest BCUT2D eigenvalue weighted by molar-refractivity contribution is -0.286. The van der Waals surface area contributed by atoms with Crippen molar-refractivity contribution in [3.8, 4) is 22.6 Å². The molecule has 0 saturated heterocycles. The minimum Gasteiger partial charge on any atom is -0.395 e. The van der Waals surface area contributed by atoms with Gasteiger partial charge in [-0.25, -0.2) is 0 Å². The molecule has 0 atom stereocenters. The van der Waals surface area contributed by atoms with Crippen LogP contribution in [-0.4, -0.2) is 17.4 Å². The number of amides is 1. The van der Waals surface area contributed by atoms with Crippen molar-refractivity contribution in [1.29, 1.82) is 0 Å². The lowest BCUT2D eigenvalue weighted by Crippen LogP contribution is -2.25. The number of hydrogen-bond donors (Lipinski definition) is 1. The van der Waals surface area contributed by atoms with E-state index in [4.69, 9.17) is 4.52 Å². The summed E-state index contributed by atoms with van der Waals surface area (Å²) in [5.74, 6) is -0.335. The summed E-state index contributed by atoms with van der Waals surface area (Å²) in [4.78, 5) is 12.2. The number of hydrogen-bond acceptors (Lipinski definition) is 5. The van der Waals surface area contributed by atoms with Gasteiger partial charge < -0.3 is 19.3 Å². The highest BCUT2D eigenvalue weighted by Gasteiger charge is 2.43. The van der Waals surface area contributed by atoms with Crippen LogP contribution in [0.3, 0.4) is 0 Å². The zero-order valence-corrected chi connectivity index (χ0v) is 14.4. The molecule has 0 unspecified atom stereocenters. The molecule has 0 saturated carbocycles. The lowest BCUT2D eigenvalue weighted by Gasteiger charge is -2.09. The average Bonchev–Trinajstić information content (AvgIpc) is 3.16. The summed E-state index contributed by atoms with van der Waals surface area (Å²) in [6, 6.07) is 10.0. The van der Waals surface area contributed by atoms with Gasteiger partial charge in [0.15, 0.2) is 11.5 Å². The fourth-order valence-corrected chi connectivity index (χ4v) is 2.85. The fraction of sp³-hybridized carbons (Fsp3) is 0.158. The highest BCUT2D eigenvalue weighted by atomic mass is 19.3. The summed E-state index contributed by atoms with van der Waals surface area (Å²) in [6.45, 7) is 3.47. The summed E-state index contributed by atoms with van der Waals surface area (Å²) in [5, 5.41) is 6.42. The minimum atomic E-state index is -3.65. The van der Waals surface area contributed by atoms with E-state index in [1.54, 1.807) is 38.1 Å². The number of rotatable bonds is 3. The summed E-state index contributed by atoms with van der Waals surface area (Å²) in [6.07, 6.45) is -2.37. The number of benzene rings is 2. The zero-order chi connectivity index (χ0) is 19.2. The number of aryl methyl sites for hydroxylation is 2. The Labute approximate surface area is 152 Å². The Morgan fingerprint density at radius 3 is 2.37 bits per heavy atom. The van der Waals surface area contributed by atoms with Crippen LogP contribution in [0.5, 0.6) is 11.5 Å². The Hall–Kier alpha value is -3.42. The van der Waals surface area contributed by atoms with Crippen molar-refractivity contribution in [2.45, 2.75) is 20.1 Å². The number of anilines is 1. The maximum absolute atomic E-state index is 13.2. The number of nitrogens with zero attached hydrogens (tertiary/aromatic N) is 1. The number of fused-ring (bicyclic) bond motifs is 1. The van der Waals surface area contributed by atoms with E-state index in [1.807, 2.05) is 0 Å². The van der Waals surface area contributed by atoms with Crippen LogP contribution >= 0.6 is 0 Å². The summed E-state index contributed by atoms with van der Waals surface area (Å²) in [5.41, 5.74) is 3.70. The van der Waals surface area contributed by atoms with Crippen LogP contribution in [0.4, 0.5) is 14.5 Å². The molecular formula is C19H14F2N2O4. The number of aromatic nitrogens is 1. The normalized spacial score (nSPS) is 14.2. The smallest absolute Gasteiger partial charge is 0.395 e. The van der Waals surface area contributed by atoms with E-state index in [0.717, 1.165) is 16.7 Å².